The van der Waals surface area contributed by atoms with E-state index in [-0.39, 0.29) is 5.82 Å². The molecule has 0 aliphatic heterocycles. The fraction of sp³-hybridized carbons (Fsp3) is 0.600. The van der Waals surface area contributed by atoms with Gasteiger partial charge in [0, 0.05) is 18.7 Å². The molecular formula is C15H24FNO. The van der Waals surface area contributed by atoms with E-state index < -0.39 is 0 Å². The van der Waals surface area contributed by atoms with E-state index in [0.717, 1.165) is 24.9 Å². The fourth-order valence-corrected chi connectivity index (χ4v) is 1.83. The summed E-state index contributed by atoms with van der Waals surface area (Å²) in [4.78, 5) is 0. The van der Waals surface area contributed by atoms with Crippen molar-refractivity contribution in [1.82, 2.24) is 5.32 Å². The van der Waals surface area contributed by atoms with Crippen LogP contribution in [0.25, 0.3) is 0 Å². The smallest absolute Gasteiger partial charge is 0.128 e. The van der Waals surface area contributed by atoms with Crippen LogP contribution in [-0.4, -0.2) is 13.7 Å². The largest absolute Gasteiger partial charge is 0.377 e. The van der Waals surface area contributed by atoms with Gasteiger partial charge in [-0.05, 0) is 43.5 Å². The first-order valence-corrected chi connectivity index (χ1v) is 6.63. The Kier molecular flexibility index (Phi) is 6.91. The van der Waals surface area contributed by atoms with Crippen LogP contribution in [0, 0.1) is 11.7 Å². The maximum atomic E-state index is 13.5. The number of ether oxygens (including phenoxy) is 1. The second-order valence-electron chi connectivity index (χ2n) is 5.04. The average Bonchev–Trinajstić information content (AvgIpc) is 2.32. The monoisotopic (exact) mass is 253 g/mol. The second kappa shape index (κ2) is 8.22. The van der Waals surface area contributed by atoms with E-state index in [2.05, 4.69) is 19.2 Å². The molecule has 0 aromatic heterocycles. The molecule has 0 saturated heterocycles. The van der Waals surface area contributed by atoms with Crippen molar-refractivity contribution in [3.63, 3.8) is 0 Å². The summed E-state index contributed by atoms with van der Waals surface area (Å²) in [5.41, 5.74) is 1.73. The molecule has 2 nitrogen and oxygen atoms in total. The Morgan fingerprint density at radius 3 is 2.78 bits per heavy atom. The molecule has 1 aromatic carbocycles. The van der Waals surface area contributed by atoms with E-state index in [4.69, 9.17) is 4.74 Å². The molecule has 0 fully saturated rings. The zero-order valence-corrected chi connectivity index (χ0v) is 11.6. The maximum Gasteiger partial charge on any atom is 0.128 e. The lowest BCUT2D eigenvalue weighted by Gasteiger charge is -2.09. The Balaban J connectivity index is 2.38. The second-order valence-corrected chi connectivity index (χ2v) is 5.04. The molecule has 0 amide bonds. The molecule has 0 radical (unpaired) electrons. The summed E-state index contributed by atoms with van der Waals surface area (Å²) in [7, 11) is 1.88. The van der Waals surface area contributed by atoms with Gasteiger partial charge in [-0.2, -0.15) is 0 Å². The number of hydrogen-bond acceptors (Lipinski definition) is 2. The van der Waals surface area contributed by atoms with Crippen molar-refractivity contribution < 1.29 is 9.13 Å². The van der Waals surface area contributed by atoms with E-state index in [1.165, 1.54) is 6.07 Å². The Morgan fingerprint density at radius 2 is 2.11 bits per heavy atom. The minimum Gasteiger partial charge on any atom is -0.377 e. The minimum atomic E-state index is -0.182. The van der Waals surface area contributed by atoms with E-state index in [1.54, 1.807) is 6.07 Å². The van der Waals surface area contributed by atoms with E-state index >= 15 is 0 Å². The number of nitrogens with one attached hydrogen (secondary N) is 1. The lowest BCUT2D eigenvalue weighted by molar-refractivity contribution is 0.112. The Morgan fingerprint density at radius 1 is 1.33 bits per heavy atom. The molecule has 0 heterocycles. The first kappa shape index (κ1) is 15.1. The number of halogens is 1. The van der Waals surface area contributed by atoms with Crippen LogP contribution in [0.2, 0.25) is 0 Å². The standard InChI is InChI=1S/C15H24FNO/c1-12(2)5-4-8-18-11-14-9-13(10-17-3)6-7-15(14)16/h6-7,9,12,17H,4-5,8,10-11H2,1-3H3. The maximum absolute atomic E-state index is 13.5. The summed E-state index contributed by atoms with van der Waals surface area (Å²) in [6.07, 6.45) is 2.19. The van der Waals surface area contributed by atoms with Gasteiger partial charge in [0.25, 0.3) is 0 Å². The predicted octanol–water partition coefficient (Wildman–Crippen LogP) is 3.50. The van der Waals surface area contributed by atoms with Crippen LogP contribution in [0.4, 0.5) is 4.39 Å². The molecule has 1 N–H and O–H groups in total. The van der Waals surface area contributed by atoms with Gasteiger partial charge in [0.1, 0.15) is 5.82 Å². The first-order chi connectivity index (χ1) is 8.63. The molecule has 102 valence electrons. The lowest BCUT2D eigenvalue weighted by Crippen LogP contribution is -2.06. The molecule has 0 aliphatic carbocycles. The minimum absolute atomic E-state index is 0.182. The lowest BCUT2D eigenvalue weighted by atomic mass is 10.1. The van der Waals surface area contributed by atoms with Crippen LogP contribution in [0.1, 0.15) is 37.8 Å². The van der Waals surface area contributed by atoms with Crippen LogP contribution in [0.3, 0.4) is 0 Å². The summed E-state index contributed by atoms with van der Waals surface area (Å²) >= 11 is 0. The van der Waals surface area contributed by atoms with Gasteiger partial charge in [-0.1, -0.05) is 19.9 Å². The summed E-state index contributed by atoms with van der Waals surface area (Å²) < 4.78 is 19.1. The van der Waals surface area contributed by atoms with Crippen LogP contribution in [0.15, 0.2) is 18.2 Å². The highest BCUT2D eigenvalue weighted by atomic mass is 19.1. The molecule has 0 atom stereocenters. The van der Waals surface area contributed by atoms with E-state index in [9.17, 15) is 4.39 Å². The van der Waals surface area contributed by atoms with Gasteiger partial charge in [0.2, 0.25) is 0 Å². The molecule has 18 heavy (non-hydrogen) atoms. The van der Waals surface area contributed by atoms with Crippen LogP contribution < -0.4 is 5.32 Å². The fourth-order valence-electron chi connectivity index (χ4n) is 1.83. The summed E-state index contributed by atoms with van der Waals surface area (Å²) in [6, 6.07) is 5.18. The highest BCUT2D eigenvalue weighted by Gasteiger charge is 2.04. The van der Waals surface area contributed by atoms with Crippen LogP contribution in [0.5, 0.6) is 0 Å². The highest BCUT2D eigenvalue weighted by Crippen LogP contribution is 2.12. The highest BCUT2D eigenvalue weighted by molar-refractivity contribution is 5.24. The van der Waals surface area contributed by atoms with Gasteiger partial charge in [0.05, 0.1) is 6.61 Å². The van der Waals surface area contributed by atoms with Gasteiger partial charge < -0.3 is 10.1 Å². The van der Waals surface area contributed by atoms with Crippen LogP contribution >= 0.6 is 0 Å². The van der Waals surface area contributed by atoms with Gasteiger partial charge >= 0.3 is 0 Å². The predicted molar refractivity (Wildman–Crippen MR) is 72.9 cm³/mol. The third-order valence-corrected chi connectivity index (χ3v) is 2.82. The van der Waals surface area contributed by atoms with Gasteiger partial charge in [-0.25, -0.2) is 4.39 Å². The molecule has 0 saturated carbocycles. The summed E-state index contributed by atoms with van der Waals surface area (Å²) in [5, 5.41) is 3.06. The number of hydrogen-bond donors (Lipinski definition) is 1. The van der Waals surface area contributed by atoms with Gasteiger partial charge in [-0.15, -0.1) is 0 Å². The van der Waals surface area contributed by atoms with E-state index in [0.29, 0.717) is 24.7 Å². The average molecular weight is 253 g/mol. The molecule has 0 aliphatic rings. The Bertz CT molecular complexity index is 352. The van der Waals surface area contributed by atoms with E-state index in [1.807, 2.05) is 13.1 Å². The quantitative estimate of drug-likeness (QED) is 0.716. The SMILES string of the molecule is CNCc1ccc(F)c(COCCCC(C)C)c1. The molecule has 0 bridgehead atoms. The van der Waals surface area contributed by atoms with Crippen molar-refractivity contribution in [2.75, 3.05) is 13.7 Å². The number of benzene rings is 1. The normalized spacial score (nSPS) is 11.2. The van der Waals surface area contributed by atoms with Crippen molar-refractivity contribution in [3.8, 4) is 0 Å². The first-order valence-electron chi connectivity index (χ1n) is 6.63. The zero-order valence-electron chi connectivity index (χ0n) is 11.6. The Hall–Kier alpha value is -0.930. The molecular weight excluding hydrogens is 229 g/mol. The van der Waals surface area contributed by atoms with Crippen molar-refractivity contribution in [3.05, 3.63) is 35.1 Å². The third kappa shape index (κ3) is 5.61. The van der Waals surface area contributed by atoms with Crippen molar-refractivity contribution in [1.29, 1.82) is 0 Å². The topological polar surface area (TPSA) is 21.3 Å². The van der Waals surface area contributed by atoms with Crippen molar-refractivity contribution in [2.45, 2.75) is 39.8 Å². The summed E-state index contributed by atoms with van der Waals surface area (Å²) in [6.45, 7) is 6.21. The van der Waals surface area contributed by atoms with Crippen molar-refractivity contribution >= 4 is 0 Å². The van der Waals surface area contributed by atoms with Crippen LogP contribution in [-0.2, 0) is 17.9 Å². The van der Waals surface area contributed by atoms with Crippen molar-refractivity contribution in [2.24, 2.45) is 5.92 Å². The molecule has 1 rings (SSSR count). The molecule has 3 heteroatoms. The van der Waals surface area contributed by atoms with Gasteiger partial charge in [0.15, 0.2) is 0 Å². The molecule has 0 spiro atoms. The van der Waals surface area contributed by atoms with Gasteiger partial charge in [-0.3, -0.25) is 0 Å². The third-order valence-electron chi connectivity index (χ3n) is 2.82. The number of rotatable bonds is 8. The molecule has 0 unspecified atom stereocenters. The molecule has 1 aromatic rings. The summed E-state index contributed by atoms with van der Waals surface area (Å²) in [5.74, 6) is 0.517. The Labute approximate surface area is 110 Å². The zero-order chi connectivity index (χ0) is 13.4.